The number of pyridine rings is 1. The van der Waals surface area contributed by atoms with Crippen molar-refractivity contribution in [2.45, 2.75) is 19.9 Å². The van der Waals surface area contributed by atoms with Gasteiger partial charge in [-0.25, -0.2) is 0 Å². The molecule has 0 spiro atoms. The van der Waals surface area contributed by atoms with Gasteiger partial charge in [-0.2, -0.15) is 0 Å². The molecule has 3 rings (SSSR count). The van der Waals surface area contributed by atoms with Crippen LogP contribution >= 0.6 is 0 Å². The summed E-state index contributed by atoms with van der Waals surface area (Å²) in [5.74, 6) is 1.55. The second kappa shape index (κ2) is 7.30. The van der Waals surface area contributed by atoms with E-state index in [-0.39, 0.29) is 11.6 Å². The van der Waals surface area contributed by atoms with Gasteiger partial charge in [-0.15, -0.1) is 0 Å². The number of anilines is 1. The maximum atomic E-state index is 12.4. The molecule has 0 bridgehead atoms. The fourth-order valence-electron chi connectivity index (χ4n) is 2.79. The van der Waals surface area contributed by atoms with Gasteiger partial charge < -0.3 is 19.8 Å². The summed E-state index contributed by atoms with van der Waals surface area (Å²) in [5, 5.41) is 4.32. The van der Waals surface area contributed by atoms with Crippen molar-refractivity contribution in [3.63, 3.8) is 0 Å². The number of aromatic amines is 1. The van der Waals surface area contributed by atoms with E-state index in [1.807, 2.05) is 62.4 Å². The second-order valence-corrected chi connectivity index (χ2v) is 5.83. The summed E-state index contributed by atoms with van der Waals surface area (Å²) >= 11 is 0. The van der Waals surface area contributed by atoms with E-state index in [2.05, 4.69) is 10.3 Å². The molecule has 0 saturated heterocycles. The molecular formula is C20H22N2O3. The molecule has 3 aromatic rings. The molecule has 5 heteroatoms. The van der Waals surface area contributed by atoms with E-state index in [9.17, 15) is 4.79 Å². The van der Waals surface area contributed by atoms with Crippen molar-refractivity contribution in [3.05, 3.63) is 64.4 Å². The third-order valence-electron chi connectivity index (χ3n) is 4.10. The van der Waals surface area contributed by atoms with Crippen LogP contribution in [0.25, 0.3) is 10.9 Å². The van der Waals surface area contributed by atoms with Crippen molar-refractivity contribution in [2.75, 3.05) is 19.0 Å². The largest absolute Gasteiger partial charge is 0.497 e. The number of methoxy groups -OCH3 is 1. The van der Waals surface area contributed by atoms with Gasteiger partial charge in [0.1, 0.15) is 11.5 Å². The molecule has 1 heterocycles. The van der Waals surface area contributed by atoms with Gasteiger partial charge in [0.05, 0.1) is 25.3 Å². The average Bonchev–Trinajstić information content (AvgIpc) is 2.62. The van der Waals surface area contributed by atoms with E-state index in [1.165, 1.54) is 0 Å². The SMILES string of the molecule is CCOc1ccc(NC(C)c2cc3ccc(OC)cc3[nH]c2=O)cc1. The van der Waals surface area contributed by atoms with Crippen LogP contribution in [-0.4, -0.2) is 18.7 Å². The Bertz CT molecular complexity index is 916. The lowest BCUT2D eigenvalue weighted by molar-refractivity contribution is 0.340. The van der Waals surface area contributed by atoms with Gasteiger partial charge in [-0.3, -0.25) is 4.79 Å². The number of benzene rings is 2. The van der Waals surface area contributed by atoms with Crippen LogP contribution in [0.3, 0.4) is 0 Å². The van der Waals surface area contributed by atoms with Crippen molar-refractivity contribution < 1.29 is 9.47 Å². The van der Waals surface area contributed by atoms with Gasteiger partial charge in [0.2, 0.25) is 0 Å². The Labute approximate surface area is 146 Å². The number of hydrogen-bond acceptors (Lipinski definition) is 4. The summed E-state index contributed by atoms with van der Waals surface area (Å²) < 4.78 is 10.6. The van der Waals surface area contributed by atoms with Crippen molar-refractivity contribution >= 4 is 16.6 Å². The quantitative estimate of drug-likeness (QED) is 0.710. The molecule has 25 heavy (non-hydrogen) atoms. The van der Waals surface area contributed by atoms with Gasteiger partial charge in [-0.1, -0.05) is 0 Å². The number of fused-ring (bicyclic) bond motifs is 1. The summed E-state index contributed by atoms with van der Waals surface area (Å²) in [6.45, 7) is 4.56. The van der Waals surface area contributed by atoms with Gasteiger partial charge in [0.25, 0.3) is 5.56 Å². The first-order chi connectivity index (χ1) is 12.1. The number of nitrogens with one attached hydrogen (secondary N) is 2. The highest BCUT2D eigenvalue weighted by Crippen LogP contribution is 2.23. The number of hydrogen-bond donors (Lipinski definition) is 2. The van der Waals surface area contributed by atoms with Gasteiger partial charge >= 0.3 is 0 Å². The first-order valence-electron chi connectivity index (χ1n) is 8.31. The summed E-state index contributed by atoms with van der Waals surface area (Å²) in [6.07, 6.45) is 0. The fraction of sp³-hybridized carbons (Fsp3) is 0.250. The van der Waals surface area contributed by atoms with Crippen LogP contribution in [0, 0.1) is 0 Å². The molecule has 0 aliphatic rings. The number of ether oxygens (including phenoxy) is 2. The second-order valence-electron chi connectivity index (χ2n) is 5.83. The summed E-state index contributed by atoms with van der Waals surface area (Å²) in [7, 11) is 1.61. The zero-order chi connectivity index (χ0) is 17.8. The fourth-order valence-corrected chi connectivity index (χ4v) is 2.79. The van der Waals surface area contributed by atoms with Crippen LogP contribution in [0.15, 0.2) is 53.3 Å². The molecule has 2 aromatic carbocycles. The molecule has 0 aliphatic carbocycles. The van der Waals surface area contributed by atoms with E-state index in [4.69, 9.17) is 9.47 Å². The van der Waals surface area contributed by atoms with E-state index in [0.29, 0.717) is 12.2 Å². The van der Waals surface area contributed by atoms with Crippen LogP contribution in [0.5, 0.6) is 11.5 Å². The zero-order valence-electron chi connectivity index (χ0n) is 14.6. The molecule has 5 nitrogen and oxygen atoms in total. The van der Waals surface area contributed by atoms with Gasteiger partial charge in [0.15, 0.2) is 0 Å². The normalized spacial score (nSPS) is 12.0. The molecule has 0 fully saturated rings. The van der Waals surface area contributed by atoms with Crippen LogP contribution in [0.4, 0.5) is 5.69 Å². The number of aromatic nitrogens is 1. The monoisotopic (exact) mass is 338 g/mol. The zero-order valence-corrected chi connectivity index (χ0v) is 14.6. The van der Waals surface area contributed by atoms with E-state index in [1.54, 1.807) is 7.11 Å². The average molecular weight is 338 g/mol. The van der Waals surface area contributed by atoms with Gasteiger partial charge in [-0.05, 0) is 61.7 Å². The highest BCUT2D eigenvalue weighted by Gasteiger charge is 2.12. The predicted octanol–water partition coefficient (Wildman–Crippen LogP) is 4.11. The molecule has 0 saturated carbocycles. The van der Waals surface area contributed by atoms with Gasteiger partial charge in [0, 0.05) is 17.3 Å². The van der Waals surface area contributed by atoms with Crippen LogP contribution < -0.4 is 20.3 Å². The number of rotatable bonds is 6. The molecule has 130 valence electrons. The summed E-state index contributed by atoms with van der Waals surface area (Å²) in [4.78, 5) is 15.4. The Morgan fingerprint density at radius 3 is 2.48 bits per heavy atom. The smallest absolute Gasteiger partial charge is 0.253 e. The van der Waals surface area contributed by atoms with Crippen LogP contribution in [0.2, 0.25) is 0 Å². The molecule has 1 unspecified atom stereocenters. The van der Waals surface area contributed by atoms with Crippen molar-refractivity contribution in [3.8, 4) is 11.5 Å². The highest BCUT2D eigenvalue weighted by atomic mass is 16.5. The highest BCUT2D eigenvalue weighted by molar-refractivity contribution is 5.80. The Kier molecular flexibility index (Phi) is 4.93. The lowest BCUT2D eigenvalue weighted by Crippen LogP contribution is -2.19. The molecule has 0 amide bonds. The summed E-state index contributed by atoms with van der Waals surface area (Å²) in [6, 6.07) is 15.2. The standard InChI is InChI=1S/C20H22N2O3/c1-4-25-16-9-6-15(7-10-16)21-13(2)18-11-14-5-8-17(24-3)12-19(14)22-20(18)23/h5-13,21H,4H2,1-3H3,(H,22,23). The Morgan fingerprint density at radius 1 is 1.08 bits per heavy atom. The Balaban J connectivity index is 1.84. The molecule has 2 N–H and O–H groups in total. The maximum absolute atomic E-state index is 12.4. The lowest BCUT2D eigenvalue weighted by atomic mass is 10.1. The Hall–Kier alpha value is -2.95. The molecular weight excluding hydrogens is 316 g/mol. The third-order valence-corrected chi connectivity index (χ3v) is 4.10. The maximum Gasteiger partial charge on any atom is 0.253 e. The van der Waals surface area contributed by atoms with E-state index in [0.717, 1.165) is 28.1 Å². The van der Waals surface area contributed by atoms with Crippen molar-refractivity contribution in [1.82, 2.24) is 4.98 Å². The first-order valence-corrected chi connectivity index (χ1v) is 8.31. The molecule has 1 aromatic heterocycles. The number of H-pyrrole nitrogens is 1. The molecule has 1 atom stereocenters. The summed E-state index contributed by atoms with van der Waals surface area (Å²) in [5.41, 5.74) is 2.28. The van der Waals surface area contributed by atoms with Crippen LogP contribution in [-0.2, 0) is 0 Å². The minimum atomic E-state index is -0.131. The van der Waals surface area contributed by atoms with Crippen molar-refractivity contribution in [2.24, 2.45) is 0 Å². The molecule has 0 radical (unpaired) electrons. The molecule has 0 aliphatic heterocycles. The minimum absolute atomic E-state index is 0.105. The third kappa shape index (κ3) is 3.76. The lowest BCUT2D eigenvalue weighted by Gasteiger charge is -2.16. The first kappa shape index (κ1) is 16.9. The van der Waals surface area contributed by atoms with E-state index >= 15 is 0 Å². The van der Waals surface area contributed by atoms with Crippen LogP contribution in [0.1, 0.15) is 25.5 Å². The van der Waals surface area contributed by atoms with Crippen molar-refractivity contribution in [1.29, 1.82) is 0 Å². The van der Waals surface area contributed by atoms with E-state index < -0.39 is 0 Å². The predicted molar refractivity (Wildman–Crippen MR) is 101 cm³/mol. The Morgan fingerprint density at radius 2 is 1.80 bits per heavy atom. The minimum Gasteiger partial charge on any atom is -0.497 e. The topological polar surface area (TPSA) is 63.4 Å².